The van der Waals surface area contributed by atoms with Crippen molar-refractivity contribution in [2.24, 2.45) is 0 Å². The van der Waals surface area contributed by atoms with Crippen molar-refractivity contribution < 1.29 is 4.74 Å². The lowest BCUT2D eigenvalue weighted by atomic mass is 10.1. The minimum atomic E-state index is 0.883. The third kappa shape index (κ3) is 1.35. The molecule has 66 valence electrons. The van der Waals surface area contributed by atoms with Gasteiger partial charge in [0, 0.05) is 11.6 Å². The summed E-state index contributed by atoms with van der Waals surface area (Å²) in [7, 11) is 1.68. The van der Waals surface area contributed by atoms with Crippen LogP contribution in [0.25, 0.3) is 10.9 Å². The average Bonchev–Trinajstić information content (AvgIpc) is 2.17. The minimum Gasteiger partial charge on any atom is -0.496 e. The number of pyridine rings is 1. The first-order chi connectivity index (χ1) is 6.31. The lowest BCUT2D eigenvalue weighted by molar-refractivity contribution is 0.419. The van der Waals surface area contributed by atoms with Crippen LogP contribution in [-0.2, 0) is 0 Å². The molecule has 0 N–H and O–H groups in total. The van der Waals surface area contributed by atoms with Gasteiger partial charge < -0.3 is 4.74 Å². The number of nitrogens with zero attached hydrogens (tertiary/aromatic N) is 1. The number of hydrogen-bond donors (Lipinski definition) is 0. The summed E-state index contributed by atoms with van der Waals surface area (Å²) in [5, 5.41) is 1.07. The van der Waals surface area contributed by atoms with E-state index in [1.807, 2.05) is 31.3 Å². The first-order valence-corrected chi connectivity index (χ1v) is 4.20. The first-order valence-electron chi connectivity index (χ1n) is 4.20. The predicted molar refractivity (Wildman–Crippen MR) is 53.0 cm³/mol. The molecule has 0 bridgehead atoms. The topological polar surface area (TPSA) is 22.1 Å². The highest BCUT2D eigenvalue weighted by molar-refractivity contribution is 5.85. The van der Waals surface area contributed by atoms with Gasteiger partial charge in [0.2, 0.25) is 0 Å². The molecule has 1 aromatic carbocycles. The maximum atomic E-state index is 5.24. The van der Waals surface area contributed by atoms with Gasteiger partial charge in [-0.2, -0.15) is 0 Å². The molecule has 0 aliphatic rings. The minimum absolute atomic E-state index is 0.883. The first kappa shape index (κ1) is 8.05. The number of aryl methyl sites for hydroxylation is 1. The van der Waals surface area contributed by atoms with Crippen LogP contribution in [0.4, 0.5) is 0 Å². The van der Waals surface area contributed by atoms with E-state index in [1.54, 1.807) is 7.11 Å². The van der Waals surface area contributed by atoms with E-state index in [0.717, 1.165) is 22.2 Å². The number of benzene rings is 1. The zero-order chi connectivity index (χ0) is 9.26. The molecule has 0 aliphatic carbocycles. The van der Waals surface area contributed by atoms with Crippen LogP contribution in [0.15, 0.2) is 30.5 Å². The Balaban J connectivity index is 2.79. The number of aromatic nitrogens is 1. The second-order valence-electron chi connectivity index (χ2n) is 3.04. The molecule has 0 saturated heterocycles. The molecule has 0 unspecified atom stereocenters. The highest BCUT2D eigenvalue weighted by atomic mass is 16.5. The van der Waals surface area contributed by atoms with Crippen molar-refractivity contribution >= 4 is 10.9 Å². The molecule has 0 atom stereocenters. The molecule has 0 saturated carbocycles. The third-order valence-corrected chi connectivity index (χ3v) is 2.04. The van der Waals surface area contributed by atoms with Gasteiger partial charge in [0.05, 0.1) is 12.6 Å². The average molecular weight is 173 g/mol. The Morgan fingerprint density at radius 1 is 1.31 bits per heavy atom. The van der Waals surface area contributed by atoms with E-state index < -0.39 is 0 Å². The van der Waals surface area contributed by atoms with Gasteiger partial charge in [-0.05, 0) is 30.7 Å². The standard InChI is InChI=1S/C11H11NO/c1-8-6-9-10(12-7-8)4-3-5-11(9)13-2/h3-7H,1-2H3. The van der Waals surface area contributed by atoms with Crippen LogP contribution in [0.1, 0.15) is 5.56 Å². The Labute approximate surface area is 77.2 Å². The second-order valence-corrected chi connectivity index (χ2v) is 3.04. The SMILES string of the molecule is COc1cccc2ncc(C)cc12. The van der Waals surface area contributed by atoms with Crippen molar-refractivity contribution in [1.29, 1.82) is 0 Å². The molecule has 13 heavy (non-hydrogen) atoms. The Hall–Kier alpha value is -1.57. The van der Waals surface area contributed by atoms with Crippen LogP contribution in [0.2, 0.25) is 0 Å². The normalized spacial score (nSPS) is 10.3. The van der Waals surface area contributed by atoms with E-state index in [9.17, 15) is 0 Å². The molecule has 2 aromatic rings. The van der Waals surface area contributed by atoms with Gasteiger partial charge >= 0.3 is 0 Å². The highest BCUT2D eigenvalue weighted by Gasteiger charge is 2.00. The fourth-order valence-electron chi connectivity index (χ4n) is 1.40. The van der Waals surface area contributed by atoms with E-state index >= 15 is 0 Å². The molecule has 1 heterocycles. The van der Waals surface area contributed by atoms with Crippen molar-refractivity contribution in [3.05, 3.63) is 36.0 Å². The maximum absolute atomic E-state index is 5.24. The van der Waals surface area contributed by atoms with Crippen molar-refractivity contribution in [3.8, 4) is 5.75 Å². The summed E-state index contributed by atoms with van der Waals surface area (Å²) in [6, 6.07) is 7.96. The molecule has 0 amide bonds. The molecule has 0 spiro atoms. The largest absolute Gasteiger partial charge is 0.496 e. The Morgan fingerprint density at radius 3 is 2.92 bits per heavy atom. The second kappa shape index (κ2) is 3.05. The molecule has 0 fully saturated rings. The van der Waals surface area contributed by atoms with Gasteiger partial charge in [-0.15, -0.1) is 0 Å². The summed E-state index contributed by atoms with van der Waals surface area (Å²) in [6.07, 6.45) is 1.86. The van der Waals surface area contributed by atoms with E-state index in [1.165, 1.54) is 0 Å². The number of ether oxygens (including phenoxy) is 1. The fraction of sp³-hybridized carbons (Fsp3) is 0.182. The van der Waals surface area contributed by atoms with Gasteiger partial charge in [0.25, 0.3) is 0 Å². The van der Waals surface area contributed by atoms with Crippen LogP contribution < -0.4 is 4.74 Å². The zero-order valence-electron chi connectivity index (χ0n) is 7.74. The van der Waals surface area contributed by atoms with Crippen LogP contribution >= 0.6 is 0 Å². The van der Waals surface area contributed by atoms with Crippen molar-refractivity contribution in [1.82, 2.24) is 4.98 Å². The Morgan fingerprint density at radius 2 is 2.15 bits per heavy atom. The molecule has 2 rings (SSSR count). The Bertz CT molecular complexity index is 437. The third-order valence-electron chi connectivity index (χ3n) is 2.04. The molecular formula is C11H11NO. The molecule has 0 aliphatic heterocycles. The van der Waals surface area contributed by atoms with Crippen LogP contribution in [0.5, 0.6) is 5.75 Å². The van der Waals surface area contributed by atoms with E-state index in [2.05, 4.69) is 11.1 Å². The molecule has 0 radical (unpaired) electrons. The summed E-state index contributed by atoms with van der Waals surface area (Å²) in [5.74, 6) is 0.883. The maximum Gasteiger partial charge on any atom is 0.128 e. The number of fused-ring (bicyclic) bond motifs is 1. The van der Waals surface area contributed by atoms with Gasteiger partial charge in [0.1, 0.15) is 5.75 Å². The van der Waals surface area contributed by atoms with Gasteiger partial charge in [-0.1, -0.05) is 6.07 Å². The lowest BCUT2D eigenvalue weighted by Crippen LogP contribution is -1.87. The fourth-order valence-corrected chi connectivity index (χ4v) is 1.40. The highest BCUT2D eigenvalue weighted by Crippen LogP contribution is 2.23. The Kier molecular flexibility index (Phi) is 1.89. The summed E-state index contributed by atoms with van der Waals surface area (Å²) < 4.78 is 5.24. The zero-order valence-corrected chi connectivity index (χ0v) is 7.74. The smallest absolute Gasteiger partial charge is 0.128 e. The van der Waals surface area contributed by atoms with Crippen molar-refractivity contribution in [3.63, 3.8) is 0 Å². The lowest BCUT2D eigenvalue weighted by Gasteiger charge is -2.04. The number of methoxy groups -OCH3 is 1. The molecule has 1 aromatic heterocycles. The molecular weight excluding hydrogens is 162 g/mol. The van der Waals surface area contributed by atoms with E-state index in [0.29, 0.717) is 0 Å². The van der Waals surface area contributed by atoms with E-state index in [4.69, 9.17) is 4.74 Å². The van der Waals surface area contributed by atoms with Crippen LogP contribution in [-0.4, -0.2) is 12.1 Å². The van der Waals surface area contributed by atoms with Crippen molar-refractivity contribution in [2.45, 2.75) is 6.92 Å². The quantitative estimate of drug-likeness (QED) is 0.661. The molecule has 2 heteroatoms. The van der Waals surface area contributed by atoms with Crippen LogP contribution in [0.3, 0.4) is 0 Å². The summed E-state index contributed by atoms with van der Waals surface area (Å²) in [4.78, 5) is 4.31. The van der Waals surface area contributed by atoms with Gasteiger partial charge in [-0.3, -0.25) is 4.98 Å². The number of rotatable bonds is 1. The summed E-state index contributed by atoms with van der Waals surface area (Å²) in [6.45, 7) is 2.03. The van der Waals surface area contributed by atoms with Gasteiger partial charge in [-0.25, -0.2) is 0 Å². The van der Waals surface area contributed by atoms with Gasteiger partial charge in [0.15, 0.2) is 0 Å². The predicted octanol–water partition coefficient (Wildman–Crippen LogP) is 2.55. The van der Waals surface area contributed by atoms with Crippen molar-refractivity contribution in [2.75, 3.05) is 7.11 Å². The molecule has 2 nitrogen and oxygen atoms in total. The number of hydrogen-bond acceptors (Lipinski definition) is 2. The van der Waals surface area contributed by atoms with E-state index in [-0.39, 0.29) is 0 Å². The summed E-state index contributed by atoms with van der Waals surface area (Å²) in [5.41, 5.74) is 2.13. The summed E-state index contributed by atoms with van der Waals surface area (Å²) >= 11 is 0. The van der Waals surface area contributed by atoms with Crippen LogP contribution in [0, 0.1) is 6.92 Å². The monoisotopic (exact) mass is 173 g/mol.